The lowest BCUT2D eigenvalue weighted by Gasteiger charge is -2.28. The van der Waals surface area contributed by atoms with Gasteiger partial charge in [0, 0.05) is 11.6 Å². The summed E-state index contributed by atoms with van der Waals surface area (Å²) in [5.41, 5.74) is 0.699. The first-order valence-corrected chi connectivity index (χ1v) is 7.69. The second kappa shape index (κ2) is 5.47. The Hall–Kier alpha value is -1.51. The summed E-state index contributed by atoms with van der Waals surface area (Å²) in [6.07, 6.45) is 5.64. The Balaban J connectivity index is 1.55. The quantitative estimate of drug-likeness (QED) is 0.886. The van der Waals surface area contributed by atoms with Crippen LogP contribution in [-0.4, -0.2) is 17.1 Å². The van der Waals surface area contributed by atoms with Gasteiger partial charge in [-0.05, 0) is 50.0 Å². The maximum absolute atomic E-state index is 12.1. The molecule has 1 aromatic rings. The van der Waals surface area contributed by atoms with Crippen molar-refractivity contribution in [3.05, 3.63) is 29.8 Å². The number of amides is 1. The SMILES string of the molecule is C[C@H](NC(=O)Cc1ccccc1O)[C@H]1C[C@H]2CC[C@H]1C2. The van der Waals surface area contributed by atoms with Crippen molar-refractivity contribution in [1.29, 1.82) is 0 Å². The predicted octanol–water partition coefficient (Wildman–Crippen LogP) is 2.88. The molecule has 0 heterocycles. The Kier molecular flexibility index (Phi) is 3.68. The van der Waals surface area contributed by atoms with E-state index in [0.29, 0.717) is 11.5 Å². The minimum atomic E-state index is 0.0155. The third-order valence-corrected chi connectivity index (χ3v) is 5.17. The zero-order valence-electron chi connectivity index (χ0n) is 12.0. The highest BCUT2D eigenvalue weighted by Gasteiger charge is 2.42. The third-order valence-electron chi connectivity index (χ3n) is 5.17. The molecule has 2 saturated carbocycles. The molecule has 1 aromatic carbocycles. The molecule has 0 radical (unpaired) electrons. The number of nitrogens with one attached hydrogen (secondary N) is 1. The van der Waals surface area contributed by atoms with E-state index in [4.69, 9.17) is 0 Å². The average molecular weight is 273 g/mol. The molecule has 1 amide bonds. The van der Waals surface area contributed by atoms with Crippen LogP contribution in [0.5, 0.6) is 5.75 Å². The number of para-hydroxylation sites is 1. The standard InChI is InChI=1S/C17H23NO2/c1-11(15-9-12-6-7-13(15)8-12)18-17(20)10-14-4-2-3-5-16(14)19/h2-5,11-13,15,19H,6-10H2,1H3,(H,18,20)/t11-,12-,13-,15+/m0/s1. The highest BCUT2D eigenvalue weighted by Crippen LogP contribution is 2.49. The fraction of sp³-hybridized carbons (Fsp3) is 0.588. The predicted molar refractivity (Wildman–Crippen MR) is 78.4 cm³/mol. The Labute approximate surface area is 120 Å². The van der Waals surface area contributed by atoms with Gasteiger partial charge in [0.1, 0.15) is 5.75 Å². The lowest BCUT2D eigenvalue weighted by molar-refractivity contribution is -0.121. The molecule has 3 rings (SSSR count). The van der Waals surface area contributed by atoms with Crippen LogP contribution in [0.3, 0.4) is 0 Å². The molecular weight excluding hydrogens is 250 g/mol. The molecule has 0 spiro atoms. The van der Waals surface area contributed by atoms with Crippen LogP contribution >= 0.6 is 0 Å². The van der Waals surface area contributed by atoms with Gasteiger partial charge in [-0.25, -0.2) is 0 Å². The highest BCUT2D eigenvalue weighted by atomic mass is 16.3. The number of carbonyl (C=O) groups excluding carboxylic acids is 1. The van der Waals surface area contributed by atoms with Gasteiger partial charge in [-0.1, -0.05) is 24.6 Å². The minimum absolute atomic E-state index is 0.0155. The molecule has 2 aliphatic rings. The van der Waals surface area contributed by atoms with E-state index in [0.717, 1.165) is 11.8 Å². The molecule has 108 valence electrons. The molecule has 0 saturated heterocycles. The lowest BCUT2D eigenvalue weighted by Crippen LogP contribution is -2.40. The van der Waals surface area contributed by atoms with Crippen LogP contribution in [0, 0.1) is 17.8 Å². The van der Waals surface area contributed by atoms with Crippen LogP contribution in [0.2, 0.25) is 0 Å². The van der Waals surface area contributed by atoms with Gasteiger partial charge in [0.25, 0.3) is 0 Å². The molecule has 4 atom stereocenters. The van der Waals surface area contributed by atoms with Gasteiger partial charge in [0.15, 0.2) is 0 Å². The number of carbonyl (C=O) groups is 1. The summed E-state index contributed by atoms with van der Waals surface area (Å²) in [5.74, 6) is 2.60. The van der Waals surface area contributed by atoms with E-state index >= 15 is 0 Å². The summed E-state index contributed by atoms with van der Waals surface area (Å²) in [7, 11) is 0. The monoisotopic (exact) mass is 273 g/mol. The Morgan fingerprint density at radius 1 is 1.35 bits per heavy atom. The zero-order chi connectivity index (χ0) is 14.1. The number of phenols is 1. The summed E-state index contributed by atoms with van der Waals surface area (Å²) in [4.78, 5) is 12.1. The largest absolute Gasteiger partial charge is 0.508 e. The summed E-state index contributed by atoms with van der Waals surface area (Å²) < 4.78 is 0. The Morgan fingerprint density at radius 2 is 2.15 bits per heavy atom. The molecule has 2 N–H and O–H groups in total. The van der Waals surface area contributed by atoms with E-state index in [1.54, 1.807) is 18.2 Å². The molecule has 20 heavy (non-hydrogen) atoms. The van der Waals surface area contributed by atoms with Gasteiger partial charge < -0.3 is 10.4 Å². The number of fused-ring (bicyclic) bond motifs is 2. The Morgan fingerprint density at radius 3 is 2.80 bits per heavy atom. The molecular formula is C17H23NO2. The van der Waals surface area contributed by atoms with Gasteiger partial charge in [0.2, 0.25) is 5.91 Å². The smallest absolute Gasteiger partial charge is 0.224 e. The van der Waals surface area contributed by atoms with Gasteiger partial charge in [0.05, 0.1) is 6.42 Å². The maximum Gasteiger partial charge on any atom is 0.224 e. The summed E-state index contributed by atoms with van der Waals surface area (Å²) in [6, 6.07) is 7.30. The fourth-order valence-electron chi connectivity index (χ4n) is 4.15. The van der Waals surface area contributed by atoms with Crippen LogP contribution in [0.25, 0.3) is 0 Å². The first-order chi connectivity index (χ1) is 9.63. The van der Waals surface area contributed by atoms with Gasteiger partial charge >= 0.3 is 0 Å². The van der Waals surface area contributed by atoms with Crippen LogP contribution in [-0.2, 0) is 11.2 Å². The number of hydrogen-bond acceptors (Lipinski definition) is 2. The van der Waals surface area contributed by atoms with Crippen LogP contribution in [0.15, 0.2) is 24.3 Å². The van der Waals surface area contributed by atoms with Crippen molar-refractivity contribution in [2.75, 3.05) is 0 Å². The van der Waals surface area contributed by atoms with E-state index in [1.807, 2.05) is 6.07 Å². The van der Waals surface area contributed by atoms with Gasteiger partial charge in [-0.15, -0.1) is 0 Å². The van der Waals surface area contributed by atoms with Gasteiger partial charge in [-0.2, -0.15) is 0 Å². The van der Waals surface area contributed by atoms with E-state index < -0.39 is 0 Å². The zero-order valence-corrected chi connectivity index (χ0v) is 12.0. The van der Waals surface area contributed by atoms with Crippen LogP contribution in [0.4, 0.5) is 0 Å². The van der Waals surface area contributed by atoms with Crippen molar-refractivity contribution in [3.8, 4) is 5.75 Å². The van der Waals surface area contributed by atoms with Crippen molar-refractivity contribution in [3.63, 3.8) is 0 Å². The topological polar surface area (TPSA) is 49.3 Å². The average Bonchev–Trinajstić information content (AvgIpc) is 3.03. The number of aromatic hydroxyl groups is 1. The van der Waals surface area contributed by atoms with E-state index in [2.05, 4.69) is 12.2 Å². The molecule has 0 aromatic heterocycles. The highest BCUT2D eigenvalue weighted by molar-refractivity contribution is 5.79. The number of benzene rings is 1. The van der Waals surface area contributed by atoms with Crippen molar-refractivity contribution in [2.45, 2.75) is 45.1 Å². The molecule has 3 nitrogen and oxygen atoms in total. The lowest BCUT2D eigenvalue weighted by atomic mass is 9.84. The van der Waals surface area contributed by atoms with Crippen molar-refractivity contribution < 1.29 is 9.90 Å². The maximum atomic E-state index is 12.1. The molecule has 2 fully saturated rings. The van der Waals surface area contributed by atoms with Gasteiger partial charge in [-0.3, -0.25) is 4.79 Å². The second-order valence-corrected chi connectivity index (χ2v) is 6.50. The second-order valence-electron chi connectivity index (χ2n) is 6.50. The summed E-state index contributed by atoms with van der Waals surface area (Å²) >= 11 is 0. The molecule has 2 bridgehead atoms. The van der Waals surface area contributed by atoms with Crippen molar-refractivity contribution in [2.24, 2.45) is 17.8 Å². The molecule has 2 aliphatic carbocycles. The third kappa shape index (κ3) is 2.67. The first-order valence-electron chi connectivity index (χ1n) is 7.69. The number of phenolic OH excluding ortho intramolecular Hbond substituents is 1. The minimum Gasteiger partial charge on any atom is -0.508 e. The molecule has 3 heteroatoms. The number of hydrogen-bond donors (Lipinski definition) is 2. The van der Waals surface area contributed by atoms with E-state index in [1.165, 1.54) is 25.7 Å². The van der Waals surface area contributed by atoms with E-state index in [9.17, 15) is 9.90 Å². The molecule has 0 aliphatic heterocycles. The normalized spacial score (nSPS) is 29.4. The molecule has 0 unspecified atom stereocenters. The van der Waals surface area contributed by atoms with Crippen LogP contribution in [0.1, 0.15) is 38.2 Å². The summed E-state index contributed by atoms with van der Waals surface area (Å²) in [6.45, 7) is 2.13. The summed E-state index contributed by atoms with van der Waals surface area (Å²) in [5, 5.41) is 12.8. The number of rotatable bonds is 4. The van der Waals surface area contributed by atoms with Crippen LogP contribution < -0.4 is 5.32 Å². The first kappa shape index (κ1) is 13.5. The van der Waals surface area contributed by atoms with Crippen molar-refractivity contribution >= 4 is 5.91 Å². The van der Waals surface area contributed by atoms with E-state index in [-0.39, 0.29) is 24.1 Å². The van der Waals surface area contributed by atoms with Crippen molar-refractivity contribution in [1.82, 2.24) is 5.32 Å². The fourth-order valence-corrected chi connectivity index (χ4v) is 4.15. The Bertz CT molecular complexity index is 500.